The lowest BCUT2D eigenvalue weighted by molar-refractivity contribution is -0.120. The van der Waals surface area contributed by atoms with Gasteiger partial charge in [-0.3, -0.25) is 4.79 Å². The summed E-state index contributed by atoms with van der Waals surface area (Å²) >= 11 is 0. The Balaban J connectivity index is 3.50. The van der Waals surface area contributed by atoms with E-state index in [0.717, 1.165) is 0 Å². The topological polar surface area (TPSA) is 70.6 Å². The smallest absolute Gasteiger partial charge is 0.233 e. The largest absolute Gasteiger partial charge is 0.395 e. The van der Waals surface area contributed by atoms with Crippen molar-refractivity contribution in [3.8, 4) is 0 Å². The third-order valence-corrected chi connectivity index (χ3v) is 1.42. The highest BCUT2D eigenvalue weighted by molar-refractivity contribution is 5.77. The second kappa shape index (κ2) is 7.02. The fraction of sp³-hybridized carbons (Fsp3) is 0.857. The number of nitrogens with one attached hydrogen (secondary N) is 2. The predicted molar refractivity (Wildman–Crippen MR) is 44.8 cm³/mol. The monoisotopic (exact) mass is 176 g/mol. The maximum atomic E-state index is 10.7. The molecule has 5 heteroatoms. The number of aliphatic hydroxyl groups excluding tert-OH is 1. The molecule has 0 aromatic rings. The molecule has 5 nitrogen and oxygen atoms in total. The Labute approximate surface area is 72.1 Å². The van der Waals surface area contributed by atoms with Crippen LogP contribution in [-0.2, 0) is 9.53 Å². The molecule has 0 saturated carbocycles. The molecule has 1 unspecified atom stereocenters. The lowest BCUT2D eigenvalue weighted by Crippen LogP contribution is -2.42. The summed E-state index contributed by atoms with van der Waals surface area (Å²) < 4.78 is 4.81. The zero-order valence-corrected chi connectivity index (χ0v) is 7.46. The molecule has 0 aromatic heterocycles. The number of hydrogen-bond donors (Lipinski definition) is 3. The molecule has 0 spiro atoms. The highest BCUT2D eigenvalue weighted by Crippen LogP contribution is 1.81. The summed E-state index contributed by atoms with van der Waals surface area (Å²) in [5, 5.41) is 14.1. The fourth-order valence-electron chi connectivity index (χ4n) is 0.703. The van der Waals surface area contributed by atoms with Gasteiger partial charge in [-0.25, -0.2) is 0 Å². The standard InChI is InChI=1S/C7H16N2O3/c1-8-7(11)3-9-6(4-10)5-12-2/h6,9-10H,3-5H2,1-2H3,(H,8,11). The van der Waals surface area contributed by atoms with Crippen molar-refractivity contribution in [2.75, 3.05) is 33.9 Å². The first-order valence-electron chi connectivity index (χ1n) is 3.78. The summed E-state index contributed by atoms with van der Waals surface area (Å²) in [6.07, 6.45) is 0. The van der Waals surface area contributed by atoms with Crippen LogP contribution in [0.4, 0.5) is 0 Å². The Kier molecular flexibility index (Phi) is 6.64. The number of ether oxygens (including phenoxy) is 1. The van der Waals surface area contributed by atoms with E-state index in [0.29, 0.717) is 6.61 Å². The second-order valence-electron chi connectivity index (χ2n) is 2.39. The van der Waals surface area contributed by atoms with Crippen molar-refractivity contribution in [3.63, 3.8) is 0 Å². The molecule has 0 aromatic carbocycles. The number of hydrogen-bond acceptors (Lipinski definition) is 4. The lowest BCUT2D eigenvalue weighted by atomic mass is 10.3. The average Bonchev–Trinajstić information content (AvgIpc) is 2.11. The van der Waals surface area contributed by atoms with Gasteiger partial charge in [0.1, 0.15) is 0 Å². The molecule has 0 aliphatic rings. The van der Waals surface area contributed by atoms with Crippen LogP contribution in [0.3, 0.4) is 0 Å². The van der Waals surface area contributed by atoms with E-state index < -0.39 is 0 Å². The first-order valence-corrected chi connectivity index (χ1v) is 3.78. The van der Waals surface area contributed by atoms with Crippen LogP contribution in [0.15, 0.2) is 0 Å². The van der Waals surface area contributed by atoms with Crippen LogP contribution in [0.2, 0.25) is 0 Å². The van der Waals surface area contributed by atoms with E-state index in [2.05, 4.69) is 10.6 Å². The van der Waals surface area contributed by atoms with E-state index in [1.807, 2.05) is 0 Å². The summed E-state index contributed by atoms with van der Waals surface area (Å²) in [7, 11) is 3.11. The van der Waals surface area contributed by atoms with Crippen LogP contribution in [0.5, 0.6) is 0 Å². The molecular weight excluding hydrogens is 160 g/mol. The Morgan fingerprint density at radius 2 is 2.33 bits per heavy atom. The molecule has 0 fully saturated rings. The molecule has 0 saturated heterocycles. The highest BCUT2D eigenvalue weighted by Gasteiger charge is 2.07. The summed E-state index contributed by atoms with van der Waals surface area (Å²) in [6, 6.07) is -0.174. The Hall–Kier alpha value is -0.650. The van der Waals surface area contributed by atoms with Gasteiger partial charge in [-0.2, -0.15) is 0 Å². The number of carbonyl (C=O) groups is 1. The maximum Gasteiger partial charge on any atom is 0.233 e. The van der Waals surface area contributed by atoms with Gasteiger partial charge in [-0.15, -0.1) is 0 Å². The van der Waals surface area contributed by atoms with E-state index in [4.69, 9.17) is 9.84 Å². The highest BCUT2D eigenvalue weighted by atomic mass is 16.5. The van der Waals surface area contributed by atoms with Crippen LogP contribution in [0.25, 0.3) is 0 Å². The normalized spacial score (nSPS) is 12.6. The van der Waals surface area contributed by atoms with Crippen molar-refractivity contribution in [2.45, 2.75) is 6.04 Å². The Bertz CT molecular complexity index is 130. The maximum absolute atomic E-state index is 10.7. The van der Waals surface area contributed by atoms with Gasteiger partial charge >= 0.3 is 0 Å². The molecule has 3 N–H and O–H groups in total. The quantitative estimate of drug-likeness (QED) is 0.452. The molecule has 1 amide bonds. The van der Waals surface area contributed by atoms with Gasteiger partial charge in [0.2, 0.25) is 5.91 Å². The van der Waals surface area contributed by atoms with Crippen molar-refractivity contribution < 1.29 is 14.6 Å². The summed E-state index contributed by atoms with van der Waals surface area (Å²) in [5.74, 6) is -0.107. The van der Waals surface area contributed by atoms with Gasteiger partial charge in [0.05, 0.1) is 25.8 Å². The number of amides is 1. The molecule has 0 radical (unpaired) electrons. The molecule has 72 valence electrons. The van der Waals surface area contributed by atoms with Crippen molar-refractivity contribution >= 4 is 5.91 Å². The average molecular weight is 176 g/mol. The molecule has 0 heterocycles. The predicted octanol–water partition coefficient (Wildman–Crippen LogP) is -1.67. The van der Waals surface area contributed by atoms with Crippen LogP contribution in [0.1, 0.15) is 0 Å². The fourth-order valence-corrected chi connectivity index (χ4v) is 0.703. The summed E-state index contributed by atoms with van der Waals surface area (Å²) in [5.41, 5.74) is 0. The van der Waals surface area contributed by atoms with E-state index in [-0.39, 0.29) is 25.1 Å². The second-order valence-corrected chi connectivity index (χ2v) is 2.39. The van der Waals surface area contributed by atoms with Crippen molar-refractivity contribution in [2.24, 2.45) is 0 Å². The molecule has 1 atom stereocenters. The van der Waals surface area contributed by atoms with E-state index >= 15 is 0 Å². The number of aliphatic hydroxyl groups is 1. The number of carbonyl (C=O) groups excluding carboxylic acids is 1. The SMILES string of the molecule is CNC(=O)CNC(CO)COC. The van der Waals surface area contributed by atoms with Crippen LogP contribution < -0.4 is 10.6 Å². The lowest BCUT2D eigenvalue weighted by Gasteiger charge is -2.13. The van der Waals surface area contributed by atoms with Crippen LogP contribution in [-0.4, -0.2) is 51.0 Å². The molecule has 0 bridgehead atoms. The zero-order chi connectivity index (χ0) is 9.40. The van der Waals surface area contributed by atoms with Crippen molar-refractivity contribution in [3.05, 3.63) is 0 Å². The van der Waals surface area contributed by atoms with E-state index in [9.17, 15) is 4.79 Å². The summed E-state index contributed by atoms with van der Waals surface area (Å²) in [4.78, 5) is 10.7. The van der Waals surface area contributed by atoms with Gasteiger partial charge in [0.25, 0.3) is 0 Å². The van der Waals surface area contributed by atoms with Crippen molar-refractivity contribution in [1.82, 2.24) is 10.6 Å². The molecular formula is C7H16N2O3. The first kappa shape index (κ1) is 11.4. The Morgan fingerprint density at radius 3 is 2.75 bits per heavy atom. The molecule has 12 heavy (non-hydrogen) atoms. The van der Waals surface area contributed by atoms with Crippen LogP contribution in [0, 0.1) is 0 Å². The third kappa shape index (κ3) is 5.06. The van der Waals surface area contributed by atoms with Crippen molar-refractivity contribution in [1.29, 1.82) is 0 Å². The minimum atomic E-state index is -0.174. The van der Waals surface area contributed by atoms with E-state index in [1.165, 1.54) is 0 Å². The number of rotatable bonds is 6. The van der Waals surface area contributed by atoms with E-state index in [1.54, 1.807) is 14.2 Å². The van der Waals surface area contributed by atoms with Crippen LogP contribution >= 0.6 is 0 Å². The summed E-state index contributed by atoms with van der Waals surface area (Å²) in [6.45, 7) is 0.559. The zero-order valence-electron chi connectivity index (χ0n) is 7.46. The third-order valence-electron chi connectivity index (χ3n) is 1.42. The Morgan fingerprint density at radius 1 is 1.67 bits per heavy atom. The number of likely N-dealkylation sites (N-methyl/N-ethyl adjacent to an activating group) is 1. The first-order chi connectivity index (χ1) is 5.74. The van der Waals surface area contributed by atoms with Gasteiger partial charge in [0, 0.05) is 14.2 Å². The molecule has 0 aliphatic carbocycles. The van der Waals surface area contributed by atoms with Gasteiger partial charge in [-0.1, -0.05) is 0 Å². The molecule has 0 rings (SSSR count). The minimum Gasteiger partial charge on any atom is -0.395 e. The molecule has 0 aliphatic heterocycles. The van der Waals surface area contributed by atoms with Gasteiger partial charge in [-0.05, 0) is 0 Å². The van der Waals surface area contributed by atoms with Gasteiger partial charge < -0.3 is 20.5 Å². The number of methoxy groups -OCH3 is 1. The minimum absolute atomic E-state index is 0.0369. The van der Waals surface area contributed by atoms with Gasteiger partial charge in [0.15, 0.2) is 0 Å².